The molecule has 2 fully saturated rings. The average molecular weight is 310 g/mol. The number of piperidine rings is 1. The summed E-state index contributed by atoms with van der Waals surface area (Å²) in [5.74, 6) is 2.79. The number of likely N-dealkylation sites (N-methyl/N-ethyl adjacent to an activating group) is 1. The number of thioether (sulfide) groups is 1. The molecule has 3 nitrogen and oxygen atoms in total. The van der Waals surface area contributed by atoms with Crippen LogP contribution in [0.1, 0.15) is 36.6 Å². The molecule has 0 saturated carbocycles. The van der Waals surface area contributed by atoms with E-state index in [-0.39, 0.29) is 11.9 Å². The normalized spacial score (nSPS) is 31.6. The molecule has 0 spiro atoms. The highest BCUT2D eigenvalue weighted by molar-refractivity contribution is 7.99. The number of hydrogen-bond donors (Lipinski definition) is 1. The quantitative estimate of drug-likeness (QED) is 0.932. The van der Waals surface area contributed by atoms with E-state index in [1.807, 2.05) is 11.9 Å². The van der Waals surface area contributed by atoms with E-state index >= 15 is 0 Å². The molecule has 3 unspecified atom stereocenters. The highest BCUT2D eigenvalue weighted by Gasteiger charge is 2.36. The van der Waals surface area contributed by atoms with E-state index in [9.17, 15) is 4.79 Å². The fourth-order valence-corrected chi connectivity index (χ4v) is 5.25. The average Bonchev–Trinajstić information content (AvgIpc) is 2.98. The fraction of sp³-hybridized carbons (Fsp3) is 0.667. The Bertz CT molecular complexity index is 443. The van der Waals surface area contributed by atoms with Crippen LogP contribution in [0.15, 0.2) is 17.5 Å². The van der Waals surface area contributed by atoms with E-state index < -0.39 is 0 Å². The third-order valence-corrected chi connectivity index (χ3v) is 6.46. The first-order valence-electron chi connectivity index (χ1n) is 7.38. The largest absolute Gasteiger partial charge is 0.336 e. The first-order valence-corrected chi connectivity index (χ1v) is 9.42. The van der Waals surface area contributed by atoms with Gasteiger partial charge in [-0.1, -0.05) is 6.07 Å². The zero-order valence-corrected chi connectivity index (χ0v) is 13.5. The Labute approximate surface area is 129 Å². The summed E-state index contributed by atoms with van der Waals surface area (Å²) in [5, 5.41) is 5.95. The van der Waals surface area contributed by atoms with Crippen LogP contribution in [0.4, 0.5) is 0 Å². The molecular formula is C15H22N2OS2. The first kappa shape index (κ1) is 14.4. The zero-order chi connectivity index (χ0) is 13.9. The van der Waals surface area contributed by atoms with Crippen molar-refractivity contribution in [3.05, 3.63) is 22.4 Å². The molecule has 2 aliphatic heterocycles. The second-order valence-electron chi connectivity index (χ2n) is 5.69. The number of carbonyl (C=O) groups is 1. The Morgan fingerprint density at radius 1 is 1.40 bits per heavy atom. The van der Waals surface area contributed by atoms with Crippen LogP contribution < -0.4 is 5.32 Å². The van der Waals surface area contributed by atoms with Crippen molar-refractivity contribution in [2.24, 2.45) is 0 Å². The fourth-order valence-electron chi connectivity index (χ4n) is 3.24. The summed E-state index contributed by atoms with van der Waals surface area (Å²) in [5.41, 5.74) is 0. The van der Waals surface area contributed by atoms with Crippen LogP contribution >= 0.6 is 23.1 Å². The van der Waals surface area contributed by atoms with Gasteiger partial charge in [-0.05, 0) is 36.5 Å². The molecule has 0 radical (unpaired) electrons. The maximum Gasteiger partial charge on any atom is 0.222 e. The Kier molecular flexibility index (Phi) is 4.68. The number of likely N-dealkylation sites (tertiary alicyclic amines) is 1. The summed E-state index contributed by atoms with van der Waals surface area (Å²) in [7, 11) is 1.95. The molecule has 3 rings (SSSR count). The number of carbonyl (C=O) groups excluding carboxylic acids is 1. The monoisotopic (exact) mass is 310 g/mol. The maximum absolute atomic E-state index is 12.0. The van der Waals surface area contributed by atoms with Crippen LogP contribution in [0, 0.1) is 0 Å². The van der Waals surface area contributed by atoms with Crippen molar-refractivity contribution < 1.29 is 4.79 Å². The van der Waals surface area contributed by atoms with Gasteiger partial charge in [0.15, 0.2) is 0 Å². The topological polar surface area (TPSA) is 32.3 Å². The van der Waals surface area contributed by atoms with Crippen LogP contribution in [-0.2, 0) is 4.79 Å². The van der Waals surface area contributed by atoms with Gasteiger partial charge >= 0.3 is 0 Å². The zero-order valence-electron chi connectivity index (χ0n) is 11.9. The van der Waals surface area contributed by atoms with E-state index in [0.717, 1.165) is 6.42 Å². The molecule has 0 bridgehead atoms. The van der Waals surface area contributed by atoms with Crippen LogP contribution in [0.5, 0.6) is 0 Å². The summed E-state index contributed by atoms with van der Waals surface area (Å²) in [6.07, 6.45) is 4.23. The highest BCUT2D eigenvalue weighted by atomic mass is 32.2. The molecule has 1 aromatic rings. The molecule has 5 heteroatoms. The molecular weight excluding hydrogens is 288 g/mol. The molecule has 20 heavy (non-hydrogen) atoms. The third kappa shape index (κ3) is 3.05. The highest BCUT2D eigenvalue weighted by Crippen LogP contribution is 2.34. The van der Waals surface area contributed by atoms with Crippen molar-refractivity contribution in [3.63, 3.8) is 0 Å². The summed E-state index contributed by atoms with van der Waals surface area (Å²) < 4.78 is 0. The molecule has 3 heterocycles. The lowest BCUT2D eigenvalue weighted by molar-refractivity contribution is -0.135. The van der Waals surface area contributed by atoms with E-state index in [2.05, 4.69) is 34.6 Å². The van der Waals surface area contributed by atoms with Gasteiger partial charge in [0.2, 0.25) is 5.91 Å². The van der Waals surface area contributed by atoms with Crippen molar-refractivity contribution >= 4 is 29.0 Å². The van der Waals surface area contributed by atoms with E-state index in [4.69, 9.17) is 0 Å². The van der Waals surface area contributed by atoms with Gasteiger partial charge in [-0.3, -0.25) is 4.79 Å². The van der Waals surface area contributed by atoms with Gasteiger partial charge in [0.25, 0.3) is 0 Å². The lowest BCUT2D eigenvalue weighted by Crippen LogP contribution is -2.52. The van der Waals surface area contributed by atoms with Gasteiger partial charge < -0.3 is 10.2 Å². The molecule has 2 saturated heterocycles. The van der Waals surface area contributed by atoms with Gasteiger partial charge in [0.1, 0.15) is 0 Å². The van der Waals surface area contributed by atoms with Crippen molar-refractivity contribution in [3.8, 4) is 0 Å². The van der Waals surface area contributed by atoms with Gasteiger partial charge in [-0.15, -0.1) is 11.3 Å². The molecule has 3 atom stereocenters. The lowest BCUT2D eigenvalue weighted by Gasteiger charge is -2.41. The van der Waals surface area contributed by atoms with Crippen molar-refractivity contribution in [1.29, 1.82) is 0 Å². The number of nitrogens with one attached hydrogen (secondary N) is 1. The second kappa shape index (κ2) is 6.50. The maximum atomic E-state index is 12.0. The molecule has 1 N–H and O–H groups in total. The van der Waals surface area contributed by atoms with Crippen molar-refractivity contribution in [2.75, 3.05) is 18.6 Å². The number of hydrogen-bond acceptors (Lipinski definition) is 4. The summed E-state index contributed by atoms with van der Waals surface area (Å²) in [6, 6.07) is 5.47. The molecule has 2 aliphatic rings. The van der Waals surface area contributed by atoms with E-state index in [0.29, 0.717) is 18.5 Å². The van der Waals surface area contributed by atoms with Gasteiger partial charge in [0.05, 0.1) is 6.04 Å². The van der Waals surface area contributed by atoms with E-state index in [1.54, 1.807) is 11.3 Å². The van der Waals surface area contributed by atoms with Crippen molar-refractivity contribution in [2.45, 2.75) is 43.8 Å². The predicted octanol–water partition coefficient (Wildman–Crippen LogP) is 2.90. The Morgan fingerprint density at radius 2 is 2.30 bits per heavy atom. The smallest absolute Gasteiger partial charge is 0.222 e. The van der Waals surface area contributed by atoms with E-state index in [1.165, 1.54) is 29.2 Å². The van der Waals surface area contributed by atoms with Crippen LogP contribution in [0.25, 0.3) is 0 Å². The minimum absolute atomic E-state index is 0.211. The minimum Gasteiger partial charge on any atom is -0.336 e. The van der Waals surface area contributed by atoms with Gasteiger partial charge in [0, 0.05) is 36.2 Å². The number of thiophene rings is 1. The van der Waals surface area contributed by atoms with Crippen molar-refractivity contribution in [1.82, 2.24) is 10.2 Å². The van der Waals surface area contributed by atoms with Gasteiger partial charge in [-0.25, -0.2) is 0 Å². The number of rotatable bonds is 3. The summed E-state index contributed by atoms with van der Waals surface area (Å²) in [6.45, 7) is 0. The third-order valence-electron chi connectivity index (χ3n) is 4.31. The molecule has 110 valence electrons. The molecule has 0 aromatic carbocycles. The SMILES string of the molecule is CN1C(=O)CCC(NC2CCCSC2)C1c1cccs1. The Hall–Kier alpha value is -0.520. The molecule has 0 aliphatic carbocycles. The summed E-state index contributed by atoms with van der Waals surface area (Å²) >= 11 is 3.81. The molecule has 1 aromatic heterocycles. The standard InChI is InChI=1S/C15H22N2OS2/c1-17-14(18)7-6-12(15(17)13-5-3-9-20-13)16-11-4-2-8-19-10-11/h3,5,9,11-12,15-16H,2,4,6-8,10H2,1H3. The number of nitrogens with zero attached hydrogens (tertiary/aromatic N) is 1. The predicted molar refractivity (Wildman–Crippen MR) is 86.3 cm³/mol. The molecule has 1 amide bonds. The Morgan fingerprint density at radius 3 is 3.00 bits per heavy atom. The van der Waals surface area contributed by atoms with Crippen LogP contribution in [0.2, 0.25) is 0 Å². The summed E-state index contributed by atoms with van der Waals surface area (Å²) in [4.78, 5) is 15.3. The number of amides is 1. The van der Waals surface area contributed by atoms with Crippen LogP contribution in [0.3, 0.4) is 0 Å². The Balaban J connectivity index is 1.74. The van der Waals surface area contributed by atoms with Gasteiger partial charge in [-0.2, -0.15) is 11.8 Å². The minimum atomic E-state index is 0.211. The second-order valence-corrected chi connectivity index (χ2v) is 7.82. The van der Waals surface area contributed by atoms with Crippen LogP contribution in [-0.4, -0.2) is 41.4 Å². The first-order chi connectivity index (χ1) is 9.75. The lowest BCUT2D eigenvalue weighted by atomic mass is 9.93.